The number of rotatable bonds is 5. The quantitative estimate of drug-likeness (QED) is 0.887. The third kappa shape index (κ3) is 4.26. The smallest absolute Gasteiger partial charge is 0.317 e. The summed E-state index contributed by atoms with van der Waals surface area (Å²) in [6.45, 7) is 8.84. The zero-order valence-electron chi connectivity index (χ0n) is 11.5. The van der Waals surface area contributed by atoms with Gasteiger partial charge in [0.1, 0.15) is 0 Å². The van der Waals surface area contributed by atoms with Gasteiger partial charge in [-0.2, -0.15) is 0 Å². The standard InChI is InChI=1S/C13H21N3O2S/c1-10(2)13-14-11(9-19-13)7-15-3-5-16(6-4-15)8-12(17)18/h9-10H,3-8H2,1-2H3,(H,17,18). The zero-order valence-corrected chi connectivity index (χ0v) is 12.3. The topological polar surface area (TPSA) is 56.7 Å². The highest BCUT2D eigenvalue weighted by Crippen LogP contribution is 2.20. The first-order chi connectivity index (χ1) is 9.04. The molecule has 0 unspecified atom stereocenters. The Morgan fingerprint density at radius 3 is 2.53 bits per heavy atom. The third-order valence-corrected chi connectivity index (χ3v) is 4.47. The molecule has 0 bridgehead atoms. The lowest BCUT2D eigenvalue weighted by Crippen LogP contribution is -2.47. The van der Waals surface area contributed by atoms with E-state index < -0.39 is 5.97 Å². The molecule has 0 aliphatic carbocycles. The first kappa shape index (κ1) is 14.4. The summed E-state index contributed by atoms with van der Waals surface area (Å²) in [5.74, 6) is -0.249. The first-order valence-electron chi connectivity index (χ1n) is 6.65. The van der Waals surface area contributed by atoms with Gasteiger partial charge in [-0.3, -0.25) is 14.6 Å². The number of carboxylic acids is 1. The van der Waals surface area contributed by atoms with Crippen LogP contribution in [0.3, 0.4) is 0 Å². The SMILES string of the molecule is CC(C)c1nc(CN2CCN(CC(=O)O)CC2)cs1. The van der Waals surface area contributed by atoms with E-state index in [9.17, 15) is 4.79 Å². The highest BCUT2D eigenvalue weighted by molar-refractivity contribution is 7.09. The third-order valence-electron chi connectivity index (χ3n) is 3.27. The lowest BCUT2D eigenvalue weighted by Gasteiger charge is -2.33. The summed E-state index contributed by atoms with van der Waals surface area (Å²) in [7, 11) is 0. The molecule has 5 nitrogen and oxygen atoms in total. The molecule has 1 aromatic heterocycles. The van der Waals surface area contributed by atoms with Gasteiger partial charge in [0, 0.05) is 44.0 Å². The molecule has 19 heavy (non-hydrogen) atoms. The summed E-state index contributed by atoms with van der Waals surface area (Å²) in [5.41, 5.74) is 1.14. The average molecular weight is 283 g/mol. The summed E-state index contributed by atoms with van der Waals surface area (Å²) in [6.07, 6.45) is 0. The van der Waals surface area contributed by atoms with Crippen molar-refractivity contribution in [2.24, 2.45) is 0 Å². The normalized spacial score (nSPS) is 18.1. The average Bonchev–Trinajstić information content (AvgIpc) is 2.80. The number of nitrogens with zero attached hydrogens (tertiary/aromatic N) is 3. The largest absolute Gasteiger partial charge is 0.480 e. The van der Waals surface area contributed by atoms with Crippen LogP contribution in [0.2, 0.25) is 0 Å². The minimum atomic E-state index is -0.741. The first-order valence-corrected chi connectivity index (χ1v) is 7.53. The van der Waals surface area contributed by atoms with Gasteiger partial charge in [-0.25, -0.2) is 4.98 Å². The molecule has 2 heterocycles. The van der Waals surface area contributed by atoms with Gasteiger partial charge in [-0.1, -0.05) is 13.8 Å². The molecule has 1 aliphatic rings. The van der Waals surface area contributed by atoms with Gasteiger partial charge in [-0.05, 0) is 0 Å². The van der Waals surface area contributed by atoms with Crippen LogP contribution in [0.25, 0.3) is 0 Å². The van der Waals surface area contributed by atoms with Crippen molar-refractivity contribution in [2.45, 2.75) is 26.3 Å². The van der Waals surface area contributed by atoms with Crippen LogP contribution in [-0.4, -0.2) is 58.6 Å². The van der Waals surface area contributed by atoms with Gasteiger partial charge >= 0.3 is 5.97 Å². The van der Waals surface area contributed by atoms with Crippen LogP contribution < -0.4 is 0 Å². The van der Waals surface area contributed by atoms with Crippen LogP contribution in [-0.2, 0) is 11.3 Å². The van der Waals surface area contributed by atoms with Crippen LogP contribution in [0.15, 0.2) is 5.38 Å². The molecule has 106 valence electrons. The van der Waals surface area contributed by atoms with E-state index in [1.54, 1.807) is 11.3 Å². The Hall–Kier alpha value is -0.980. The Morgan fingerprint density at radius 1 is 1.37 bits per heavy atom. The minimum Gasteiger partial charge on any atom is -0.480 e. The summed E-state index contributed by atoms with van der Waals surface area (Å²) in [6, 6.07) is 0. The van der Waals surface area contributed by atoms with E-state index in [4.69, 9.17) is 5.11 Å². The highest BCUT2D eigenvalue weighted by atomic mass is 32.1. The van der Waals surface area contributed by atoms with Crippen molar-refractivity contribution >= 4 is 17.3 Å². The Kier molecular flexibility index (Phi) is 4.90. The number of hydrogen-bond acceptors (Lipinski definition) is 5. The number of piperazine rings is 1. The van der Waals surface area contributed by atoms with E-state index in [1.165, 1.54) is 5.01 Å². The second-order valence-electron chi connectivity index (χ2n) is 5.28. The van der Waals surface area contributed by atoms with Crippen molar-refractivity contribution in [3.8, 4) is 0 Å². The van der Waals surface area contributed by atoms with Crippen molar-refractivity contribution in [3.63, 3.8) is 0 Å². The molecule has 0 radical (unpaired) electrons. The van der Waals surface area contributed by atoms with Crippen LogP contribution >= 0.6 is 11.3 Å². The summed E-state index contributed by atoms with van der Waals surface area (Å²) < 4.78 is 0. The monoisotopic (exact) mass is 283 g/mol. The number of thiazole rings is 1. The van der Waals surface area contributed by atoms with Gasteiger partial charge in [0.15, 0.2) is 0 Å². The lowest BCUT2D eigenvalue weighted by atomic mass is 10.2. The highest BCUT2D eigenvalue weighted by Gasteiger charge is 2.19. The second-order valence-corrected chi connectivity index (χ2v) is 6.17. The van der Waals surface area contributed by atoms with Crippen LogP contribution in [0.4, 0.5) is 0 Å². The number of carboxylic acid groups (broad SMARTS) is 1. The number of aromatic nitrogens is 1. The number of hydrogen-bond donors (Lipinski definition) is 1. The molecule has 0 saturated carbocycles. The molecule has 0 amide bonds. The number of aliphatic carboxylic acids is 1. The van der Waals surface area contributed by atoms with Crippen LogP contribution in [0.1, 0.15) is 30.5 Å². The maximum atomic E-state index is 10.6. The molecule has 1 fully saturated rings. The van der Waals surface area contributed by atoms with E-state index in [0.717, 1.165) is 38.4 Å². The summed E-state index contributed by atoms with van der Waals surface area (Å²) >= 11 is 1.73. The summed E-state index contributed by atoms with van der Waals surface area (Å²) in [5, 5.41) is 12.1. The minimum absolute atomic E-state index is 0.155. The Bertz CT molecular complexity index is 425. The number of carbonyl (C=O) groups is 1. The molecule has 1 N–H and O–H groups in total. The lowest BCUT2D eigenvalue weighted by molar-refractivity contribution is -0.138. The Balaban J connectivity index is 1.80. The van der Waals surface area contributed by atoms with Crippen molar-refractivity contribution in [1.82, 2.24) is 14.8 Å². The van der Waals surface area contributed by atoms with Crippen molar-refractivity contribution in [3.05, 3.63) is 16.1 Å². The fourth-order valence-corrected chi connectivity index (χ4v) is 3.01. The fourth-order valence-electron chi connectivity index (χ4n) is 2.19. The molecular weight excluding hydrogens is 262 g/mol. The van der Waals surface area contributed by atoms with E-state index >= 15 is 0 Å². The molecule has 0 atom stereocenters. The molecule has 1 aromatic rings. The molecule has 1 saturated heterocycles. The Morgan fingerprint density at radius 2 is 2.00 bits per heavy atom. The predicted molar refractivity (Wildman–Crippen MR) is 75.6 cm³/mol. The second kappa shape index (κ2) is 6.45. The van der Waals surface area contributed by atoms with Gasteiger partial charge in [0.2, 0.25) is 0 Å². The van der Waals surface area contributed by atoms with Crippen molar-refractivity contribution in [1.29, 1.82) is 0 Å². The summed E-state index contributed by atoms with van der Waals surface area (Å²) in [4.78, 5) is 19.6. The van der Waals surface area contributed by atoms with Gasteiger partial charge in [0.05, 0.1) is 17.2 Å². The molecular formula is C13H21N3O2S. The van der Waals surface area contributed by atoms with E-state index in [-0.39, 0.29) is 6.54 Å². The van der Waals surface area contributed by atoms with Gasteiger partial charge < -0.3 is 5.11 Å². The van der Waals surface area contributed by atoms with E-state index in [1.807, 2.05) is 4.90 Å². The molecule has 0 spiro atoms. The van der Waals surface area contributed by atoms with Crippen molar-refractivity contribution < 1.29 is 9.90 Å². The fraction of sp³-hybridized carbons (Fsp3) is 0.692. The molecule has 6 heteroatoms. The van der Waals surface area contributed by atoms with Crippen LogP contribution in [0.5, 0.6) is 0 Å². The van der Waals surface area contributed by atoms with E-state index in [0.29, 0.717) is 5.92 Å². The molecule has 0 aromatic carbocycles. The predicted octanol–water partition coefficient (Wildman–Crippen LogP) is 1.47. The van der Waals surface area contributed by atoms with Gasteiger partial charge in [-0.15, -0.1) is 11.3 Å². The molecule has 1 aliphatic heterocycles. The maximum Gasteiger partial charge on any atom is 0.317 e. The van der Waals surface area contributed by atoms with E-state index in [2.05, 4.69) is 29.1 Å². The van der Waals surface area contributed by atoms with Crippen LogP contribution in [0, 0.1) is 0 Å². The van der Waals surface area contributed by atoms with Gasteiger partial charge in [0.25, 0.3) is 0 Å². The maximum absolute atomic E-state index is 10.6. The molecule has 2 rings (SSSR count). The Labute approximate surface area is 117 Å². The van der Waals surface area contributed by atoms with Crippen molar-refractivity contribution in [2.75, 3.05) is 32.7 Å². The zero-order chi connectivity index (χ0) is 13.8.